The Morgan fingerprint density at radius 3 is 2.56 bits per heavy atom. The number of nitrogens with zero attached hydrogens (tertiary/aromatic N) is 3. The van der Waals surface area contributed by atoms with Gasteiger partial charge in [-0.1, -0.05) is 0 Å². The molecule has 2 N–H and O–H groups in total. The van der Waals surface area contributed by atoms with E-state index in [4.69, 9.17) is 5.26 Å². The summed E-state index contributed by atoms with van der Waals surface area (Å²) in [6.07, 6.45) is -0.533. The number of rotatable bonds is 3. The predicted molar refractivity (Wildman–Crippen MR) is 62.0 cm³/mol. The van der Waals surface area contributed by atoms with Crippen LogP contribution in [0, 0.1) is 18.3 Å². The molecule has 0 saturated heterocycles. The van der Waals surface area contributed by atoms with Crippen molar-refractivity contribution in [2.75, 3.05) is 5.32 Å². The molecule has 1 unspecified atom stereocenters. The highest BCUT2D eigenvalue weighted by molar-refractivity contribution is 5.56. The molecular formula is C11H18N4O. The number of nitriles is 1. The molecule has 0 aliphatic rings. The van der Waals surface area contributed by atoms with Gasteiger partial charge in [-0.15, -0.1) is 0 Å². The van der Waals surface area contributed by atoms with Gasteiger partial charge >= 0.3 is 0 Å². The van der Waals surface area contributed by atoms with Crippen LogP contribution in [0.1, 0.15) is 32.0 Å². The van der Waals surface area contributed by atoms with E-state index in [-0.39, 0.29) is 0 Å². The molecule has 0 spiro atoms. The standard InChI is InChI=1S/C11H18N4O/c1-7-9(6-12)10(15(5)14-7)13-11(3,4)8(2)16/h8,13,16H,1-5H3. The van der Waals surface area contributed by atoms with E-state index < -0.39 is 11.6 Å². The van der Waals surface area contributed by atoms with E-state index >= 15 is 0 Å². The Morgan fingerprint density at radius 1 is 1.56 bits per heavy atom. The quantitative estimate of drug-likeness (QED) is 0.805. The zero-order valence-corrected chi connectivity index (χ0v) is 10.4. The van der Waals surface area contributed by atoms with Crippen molar-refractivity contribution in [2.45, 2.75) is 39.3 Å². The summed E-state index contributed by atoms with van der Waals surface area (Å²) in [6, 6.07) is 2.12. The molecule has 16 heavy (non-hydrogen) atoms. The largest absolute Gasteiger partial charge is 0.391 e. The van der Waals surface area contributed by atoms with Crippen LogP contribution in [0.15, 0.2) is 0 Å². The maximum absolute atomic E-state index is 9.63. The monoisotopic (exact) mass is 222 g/mol. The number of hydrogen-bond donors (Lipinski definition) is 2. The molecule has 1 aromatic heterocycles. The van der Waals surface area contributed by atoms with Gasteiger partial charge in [-0.2, -0.15) is 10.4 Å². The van der Waals surface area contributed by atoms with Crippen LogP contribution >= 0.6 is 0 Å². The molecule has 1 atom stereocenters. The number of nitrogens with one attached hydrogen (secondary N) is 1. The molecule has 0 aromatic carbocycles. The molecule has 5 nitrogen and oxygen atoms in total. The summed E-state index contributed by atoms with van der Waals surface area (Å²) in [7, 11) is 1.77. The van der Waals surface area contributed by atoms with Crippen LogP contribution in [-0.2, 0) is 7.05 Å². The van der Waals surface area contributed by atoms with Crippen LogP contribution in [0.5, 0.6) is 0 Å². The lowest BCUT2D eigenvalue weighted by Crippen LogP contribution is -2.42. The van der Waals surface area contributed by atoms with Gasteiger partial charge in [0.15, 0.2) is 0 Å². The molecule has 0 fully saturated rings. The fraction of sp³-hybridized carbons (Fsp3) is 0.636. The number of aromatic nitrogens is 2. The Kier molecular flexibility index (Phi) is 3.24. The smallest absolute Gasteiger partial charge is 0.142 e. The van der Waals surface area contributed by atoms with Crippen molar-refractivity contribution in [1.82, 2.24) is 9.78 Å². The average molecular weight is 222 g/mol. The Labute approximate surface area is 95.7 Å². The first-order valence-electron chi connectivity index (χ1n) is 5.19. The summed E-state index contributed by atoms with van der Waals surface area (Å²) in [6.45, 7) is 7.25. The Hall–Kier alpha value is -1.54. The van der Waals surface area contributed by atoms with Gasteiger partial charge in [0.25, 0.3) is 0 Å². The minimum atomic E-state index is -0.533. The highest BCUT2D eigenvalue weighted by Crippen LogP contribution is 2.23. The second-order valence-electron chi connectivity index (χ2n) is 4.57. The van der Waals surface area contributed by atoms with Crippen molar-refractivity contribution in [3.8, 4) is 6.07 Å². The fourth-order valence-electron chi connectivity index (χ4n) is 1.35. The zero-order chi connectivity index (χ0) is 12.5. The van der Waals surface area contributed by atoms with Crippen molar-refractivity contribution < 1.29 is 5.11 Å². The molecule has 5 heteroatoms. The minimum absolute atomic E-state index is 0.508. The van der Waals surface area contributed by atoms with E-state index in [9.17, 15) is 5.11 Å². The topological polar surface area (TPSA) is 73.9 Å². The van der Waals surface area contributed by atoms with E-state index in [1.807, 2.05) is 13.8 Å². The molecular weight excluding hydrogens is 204 g/mol. The average Bonchev–Trinajstić information content (AvgIpc) is 2.40. The predicted octanol–water partition coefficient (Wildman–Crippen LogP) is 1.17. The normalized spacial score (nSPS) is 13.3. The number of aliphatic hydroxyl groups is 1. The van der Waals surface area contributed by atoms with Crippen molar-refractivity contribution in [2.24, 2.45) is 7.05 Å². The molecule has 0 bridgehead atoms. The van der Waals surface area contributed by atoms with Crippen molar-refractivity contribution in [3.63, 3.8) is 0 Å². The molecule has 1 aromatic rings. The van der Waals surface area contributed by atoms with E-state index in [1.54, 1.807) is 25.6 Å². The summed E-state index contributed by atoms with van der Waals surface area (Å²) in [5, 5.41) is 26.0. The lowest BCUT2D eigenvalue weighted by atomic mass is 9.98. The van der Waals surface area contributed by atoms with E-state index in [2.05, 4.69) is 16.5 Å². The maximum Gasteiger partial charge on any atom is 0.142 e. The highest BCUT2D eigenvalue weighted by Gasteiger charge is 2.27. The Bertz CT molecular complexity index is 426. The third-order valence-corrected chi connectivity index (χ3v) is 2.82. The molecule has 0 saturated carbocycles. The number of aryl methyl sites for hydroxylation is 2. The van der Waals surface area contributed by atoms with Gasteiger partial charge in [0.05, 0.1) is 17.3 Å². The highest BCUT2D eigenvalue weighted by atomic mass is 16.3. The Morgan fingerprint density at radius 2 is 2.12 bits per heavy atom. The molecule has 1 heterocycles. The molecule has 0 aliphatic carbocycles. The summed E-state index contributed by atoms with van der Waals surface area (Å²) in [5.74, 6) is 0.644. The maximum atomic E-state index is 9.63. The minimum Gasteiger partial charge on any atom is -0.391 e. The first kappa shape index (κ1) is 12.5. The molecule has 0 radical (unpaired) electrons. The van der Waals surface area contributed by atoms with Gasteiger partial charge < -0.3 is 10.4 Å². The van der Waals surface area contributed by atoms with Gasteiger partial charge in [0.1, 0.15) is 17.5 Å². The van der Waals surface area contributed by atoms with Crippen molar-refractivity contribution in [1.29, 1.82) is 5.26 Å². The van der Waals surface area contributed by atoms with Crippen LogP contribution in [0.25, 0.3) is 0 Å². The van der Waals surface area contributed by atoms with Crippen LogP contribution in [0.3, 0.4) is 0 Å². The van der Waals surface area contributed by atoms with E-state index in [0.717, 1.165) is 0 Å². The van der Waals surface area contributed by atoms with Gasteiger partial charge in [-0.05, 0) is 27.7 Å². The summed E-state index contributed by atoms with van der Waals surface area (Å²) >= 11 is 0. The van der Waals surface area contributed by atoms with Gasteiger partial charge in [-0.3, -0.25) is 4.68 Å². The Balaban J connectivity index is 3.12. The molecule has 1 rings (SSSR count). The lowest BCUT2D eigenvalue weighted by molar-refractivity contribution is 0.132. The van der Waals surface area contributed by atoms with Crippen molar-refractivity contribution >= 4 is 5.82 Å². The van der Waals surface area contributed by atoms with Crippen LogP contribution < -0.4 is 5.32 Å². The second kappa shape index (κ2) is 4.14. The third-order valence-electron chi connectivity index (χ3n) is 2.82. The second-order valence-corrected chi connectivity index (χ2v) is 4.57. The van der Waals surface area contributed by atoms with E-state index in [0.29, 0.717) is 17.1 Å². The van der Waals surface area contributed by atoms with Crippen LogP contribution in [-0.4, -0.2) is 26.5 Å². The summed E-state index contributed by atoms with van der Waals surface area (Å²) in [5.41, 5.74) is 0.705. The first-order chi connectivity index (χ1) is 7.29. The van der Waals surface area contributed by atoms with Gasteiger partial charge in [0, 0.05) is 7.05 Å². The van der Waals surface area contributed by atoms with Gasteiger partial charge in [0.2, 0.25) is 0 Å². The van der Waals surface area contributed by atoms with Crippen molar-refractivity contribution in [3.05, 3.63) is 11.3 Å². The van der Waals surface area contributed by atoms with Crippen LogP contribution in [0.2, 0.25) is 0 Å². The lowest BCUT2D eigenvalue weighted by Gasteiger charge is -2.30. The number of aliphatic hydroxyl groups excluding tert-OH is 1. The third kappa shape index (κ3) is 2.17. The summed E-state index contributed by atoms with van der Waals surface area (Å²) in [4.78, 5) is 0. The fourth-order valence-corrected chi connectivity index (χ4v) is 1.35. The number of hydrogen-bond acceptors (Lipinski definition) is 4. The molecule has 0 aliphatic heterocycles. The van der Waals surface area contributed by atoms with E-state index in [1.165, 1.54) is 0 Å². The molecule has 88 valence electrons. The van der Waals surface area contributed by atoms with Gasteiger partial charge in [-0.25, -0.2) is 0 Å². The zero-order valence-electron chi connectivity index (χ0n) is 10.4. The SMILES string of the molecule is Cc1nn(C)c(NC(C)(C)C(C)O)c1C#N. The number of anilines is 1. The van der Waals surface area contributed by atoms with Crippen LogP contribution in [0.4, 0.5) is 5.82 Å². The summed E-state index contributed by atoms with van der Waals surface area (Å²) < 4.78 is 1.62. The molecule has 0 amide bonds. The first-order valence-corrected chi connectivity index (χ1v) is 5.19.